The molecule has 0 aromatic heterocycles. The lowest BCUT2D eigenvalue weighted by molar-refractivity contribution is 0.153. The summed E-state index contributed by atoms with van der Waals surface area (Å²) in [6.07, 6.45) is 3.64. The van der Waals surface area contributed by atoms with E-state index in [1.165, 1.54) is 37.1 Å². The van der Waals surface area contributed by atoms with Gasteiger partial charge in [0.25, 0.3) is 0 Å². The molecule has 1 N–H and O–H groups in total. The SMILES string of the molecule is COc1ccc(CCN2CCC(CN(C)Cc3cccc(O)c3)CC2)cc1. The quantitative estimate of drug-likeness (QED) is 0.769. The molecular weight excluding hydrogens is 336 g/mol. The minimum Gasteiger partial charge on any atom is -0.508 e. The van der Waals surface area contributed by atoms with Crippen LogP contribution in [0.15, 0.2) is 48.5 Å². The molecule has 3 rings (SSSR count). The second-order valence-electron chi connectivity index (χ2n) is 7.75. The van der Waals surface area contributed by atoms with E-state index in [1.807, 2.05) is 24.3 Å². The first-order chi connectivity index (χ1) is 13.1. The Balaban J connectivity index is 1.36. The van der Waals surface area contributed by atoms with Crippen molar-refractivity contribution in [2.24, 2.45) is 5.92 Å². The molecule has 1 fully saturated rings. The first kappa shape index (κ1) is 19.7. The number of benzene rings is 2. The summed E-state index contributed by atoms with van der Waals surface area (Å²) in [4.78, 5) is 4.97. The summed E-state index contributed by atoms with van der Waals surface area (Å²) in [5.41, 5.74) is 2.55. The van der Waals surface area contributed by atoms with Crippen LogP contribution in [0.1, 0.15) is 24.0 Å². The van der Waals surface area contributed by atoms with Gasteiger partial charge in [0.2, 0.25) is 0 Å². The summed E-state index contributed by atoms with van der Waals surface area (Å²) in [6, 6.07) is 16.0. The van der Waals surface area contributed by atoms with Gasteiger partial charge in [0, 0.05) is 19.6 Å². The van der Waals surface area contributed by atoms with Crippen LogP contribution < -0.4 is 4.74 Å². The van der Waals surface area contributed by atoms with Crippen molar-refractivity contribution in [2.45, 2.75) is 25.8 Å². The van der Waals surface area contributed by atoms with Gasteiger partial charge in [0.05, 0.1) is 7.11 Å². The van der Waals surface area contributed by atoms with E-state index in [4.69, 9.17) is 4.74 Å². The Morgan fingerprint density at radius 3 is 2.48 bits per heavy atom. The van der Waals surface area contributed by atoms with Crippen LogP contribution in [-0.4, -0.2) is 55.2 Å². The van der Waals surface area contributed by atoms with Crippen molar-refractivity contribution in [3.05, 3.63) is 59.7 Å². The number of rotatable bonds is 8. The van der Waals surface area contributed by atoms with Crippen LogP contribution in [0.25, 0.3) is 0 Å². The van der Waals surface area contributed by atoms with Crippen LogP contribution in [-0.2, 0) is 13.0 Å². The third-order valence-corrected chi connectivity index (χ3v) is 5.52. The summed E-state index contributed by atoms with van der Waals surface area (Å²) in [5, 5.41) is 9.61. The first-order valence-electron chi connectivity index (χ1n) is 9.94. The minimum atomic E-state index is 0.353. The summed E-state index contributed by atoms with van der Waals surface area (Å²) in [6.45, 7) is 5.55. The fourth-order valence-electron chi connectivity index (χ4n) is 3.94. The molecule has 0 unspecified atom stereocenters. The van der Waals surface area contributed by atoms with Gasteiger partial charge in [0.15, 0.2) is 0 Å². The molecule has 146 valence electrons. The Morgan fingerprint density at radius 1 is 1.07 bits per heavy atom. The average molecular weight is 369 g/mol. The Bertz CT molecular complexity index is 694. The molecule has 1 aliphatic rings. The Morgan fingerprint density at radius 2 is 1.81 bits per heavy atom. The molecule has 0 bridgehead atoms. The highest BCUT2D eigenvalue weighted by Crippen LogP contribution is 2.20. The smallest absolute Gasteiger partial charge is 0.118 e. The fourth-order valence-corrected chi connectivity index (χ4v) is 3.94. The third kappa shape index (κ3) is 6.26. The number of hydrogen-bond acceptors (Lipinski definition) is 4. The van der Waals surface area contributed by atoms with E-state index >= 15 is 0 Å². The van der Waals surface area contributed by atoms with Crippen molar-refractivity contribution in [3.63, 3.8) is 0 Å². The molecule has 0 amide bonds. The molecule has 1 aliphatic heterocycles. The number of nitrogens with zero attached hydrogens (tertiary/aromatic N) is 2. The van der Waals surface area contributed by atoms with Crippen LogP contribution in [0.2, 0.25) is 0 Å². The Labute approximate surface area is 163 Å². The molecule has 0 radical (unpaired) electrons. The van der Waals surface area contributed by atoms with Crippen molar-refractivity contribution in [1.82, 2.24) is 9.80 Å². The molecule has 2 aromatic rings. The summed E-state index contributed by atoms with van der Waals surface area (Å²) >= 11 is 0. The van der Waals surface area contributed by atoms with Crippen molar-refractivity contribution in [1.29, 1.82) is 0 Å². The molecular formula is C23H32N2O2. The van der Waals surface area contributed by atoms with Crippen molar-refractivity contribution in [2.75, 3.05) is 40.3 Å². The molecule has 4 nitrogen and oxygen atoms in total. The molecule has 1 saturated heterocycles. The topological polar surface area (TPSA) is 35.9 Å². The molecule has 4 heteroatoms. The van der Waals surface area contributed by atoms with Crippen LogP contribution in [0.4, 0.5) is 0 Å². The van der Waals surface area contributed by atoms with Gasteiger partial charge in [-0.25, -0.2) is 0 Å². The summed E-state index contributed by atoms with van der Waals surface area (Å²) in [7, 11) is 3.89. The summed E-state index contributed by atoms with van der Waals surface area (Å²) in [5.74, 6) is 2.05. The van der Waals surface area contributed by atoms with E-state index in [9.17, 15) is 5.11 Å². The van der Waals surface area contributed by atoms with Crippen molar-refractivity contribution in [3.8, 4) is 11.5 Å². The zero-order chi connectivity index (χ0) is 19.1. The van der Waals surface area contributed by atoms with E-state index < -0.39 is 0 Å². The van der Waals surface area contributed by atoms with Gasteiger partial charge < -0.3 is 19.6 Å². The van der Waals surface area contributed by atoms with E-state index in [1.54, 1.807) is 13.2 Å². The van der Waals surface area contributed by atoms with E-state index in [0.29, 0.717) is 5.75 Å². The molecule has 1 heterocycles. The molecule has 0 aliphatic carbocycles. The first-order valence-corrected chi connectivity index (χ1v) is 9.94. The van der Waals surface area contributed by atoms with Gasteiger partial charge in [-0.05, 0) is 80.7 Å². The lowest BCUT2D eigenvalue weighted by atomic mass is 9.95. The zero-order valence-electron chi connectivity index (χ0n) is 16.6. The number of hydrogen-bond donors (Lipinski definition) is 1. The maximum Gasteiger partial charge on any atom is 0.118 e. The fraction of sp³-hybridized carbons (Fsp3) is 0.478. The summed E-state index contributed by atoms with van der Waals surface area (Å²) < 4.78 is 5.22. The second kappa shape index (κ2) is 9.77. The third-order valence-electron chi connectivity index (χ3n) is 5.52. The van der Waals surface area contributed by atoms with Gasteiger partial charge in [-0.1, -0.05) is 24.3 Å². The maximum absolute atomic E-state index is 9.61. The molecule has 0 atom stereocenters. The number of phenols is 1. The van der Waals surface area contributed by atoms with Gasteiger partial charge in [-0.3, -0.25) is 0 Å². The lowest BCUT2D eigenvalue weighted by Crippen LogP contribution is -2.38. The zero-order valence-corrected chi connectivity index (χ0v) is 16.6. The highest BCUT2D eigenvalue weighted by atomic mass is 16.5. The predicted molar refractivity (Wildman–Crippen MR) is 110 cm³/mol. The maximum atomic E-state index is 9.61. The predicted octanol–water partition coefficient (Wildman–Crippen LogP) is 3.79. The number of likely N-dealkylation sites (tertiary alicyclic amines) is 1. The molecule has 2 aromatic carbocycles. The van der Waals surface area contributed by atoms with Crippen molar-refractivity contribution < 1.29 is 9.84 Å². The number of methoxy groups -OCH3 is 1. The van der Waals surface area contributed by atoms with E-state index in [2.05, 4.69) is 35.0 Å². The minimum absolute atomic E-state index is 0.353. The van der Waals surface area contributed by atoms with E-state index in [0.717, 1.165) is 37.7 Å². The highest BCUT2D eigenvalue weighted by Gasteiger charge is 2.20. The van der Waals surface area contributed by atoms with Crippen LogP contribution >= 0.6 is 0 Å². The number of ether oxygens (including phenoxy) is 1. The normalized spacial score (nSPS) is 16.0. The Hall–Kier alpha value is -2.04. The Kier molecular flexibility index (Phi) is 7.13. The van der Waals surface area contributed by atoms with Gasteiger partial charge in [0.1, 0.15) is 11.5 Å². The highest BCUT2D eigenvalue weighted by molar-refractivity contribution is 5.27. The molecule has 0 spiro atoms. The van der Waals surface area contributed by atoms with Crippen molar-refractivity contribution >= 4 is 0 Å². The van der Waals surface area contributed by atoms with Crippen LogP contribution in [0.5, 0.6) is 11.5 Å². The van der Waals surface area contributed by atoms with Gasteiger partial charge in [-0.2, -0.15) is 0 Å². The molecule has 0 saturated carbocycles. The van der Waals surface area contributed by atoms with Crippen LogP contribution in [0, 0.1) is 5.92 Å². The average Bonchev–Trinajstić information content (AvgIpc) is 2.68. The standard InChI is InChI=1S/C23H32N2O2/c1-24(18-21-4-3-5-22(26)16-21)17-20-11-14-25(15-12-20)13-10-19-6-8-23(27-2)9-7-19/h3-9,16,20,26H,10-15,17-18H2,1-2H3. The molecule has 27 heavy (non-hydrogen) atoms. The second-order valence-corrected chi connectivity index (χ2v) is 7.75. The van der Waals surface area contributed by atoms with Gasteiger partial charge in [-0.15, -0.1) is 0 Å². The monoisotopic (exact) mass is 368 g/mol. The number of piperidine rings is 1. The van der Waals surface area contributed by atoms with Crippen LogP contribution in [0.3, 0.4) is 0 Å². The van der Waals surface area contributed by atoms with E-state index in [-0.39, 0.29) is 0 Å². The largest absolute Gasteiger partial charge is 0.508 e. The lowest BCUT2D eigenvalue weighted by Gasteiger charge is -2.34. The number of aromatic hydroxyl groups is 1. The number of phenolic OH excluding ortho intramolecular Hbond substituents is 1. The van der Waals surface area contributed by atoms with Gasteiger partial charge >= 0.3 is 0 Å².